The zero-order chi connectivity index (χ0) is 23.4. The summed E-state index contributed by atoms with van der Waals surface area (Å²) in [6.07, 6.45) is 0.453. The fourth-order valence-electron chi connectivity index (χ4n) is 3.81. The van der Waals surface area contributed by atoms with Gasteiger partial charge in [0.15, 0.2) is 11.5 Å². The van der Waals surface area contributed by atoms with Gasteiger partial charge >= 0.3 is 5.97 Å². The lowest BCUT2D eigenvalue weighted by Crippen LogP contribution is -2.24. The predicted octanol–water partition coefficient (Wildman–Crippen LogP) is 4.62. The minimum Gasteiger partial charge on any atom is -0.493 e. The number of nitrogens with zero attached hydrogens (tertiary/aromatic N) is 2. The molecule has 0 aromatic heterocycles. The standard InChI is InChI=1S/C26H24N2O5/c1-17(29)28-22(19-13-14-24(31-2)25(15-19)32-3)16-21(27-28)20-11-7-8-12-23(20)33-26(30)18-9-5-4-6-10-18/h4-15,22H,16H2,1-3H3/t22-/m1/s1. The molecule has 0 saturated heterocycles. The lowest BCUT2D eigenvalue weighted by atomic mass is 9.97. The maximum absolute atomic E-state index is 12.6. The van der Waals surface area contributed by atoms with Crippen molar-refractivity contribution in [2.45, 2.75) is 19.4 Å². The minimum atomic E-state index is -0.457. The molecule has 33 heavy (non-hydrogen) atoms. The molecule has 1 amide bonds. The molecule has 0 bridgehead atoms. The lowest BCUT2D eigenvalue weighted by molar-refractivity contribution is -0.130. The van der Waals surface area contributed by atoms with Crippen LogP contribution in [0.2, 0.25) is 0 Å². The van der Waals surface area contributed by atoms with Crippen molar-refractivity contribution in [1.82, 2.24) is 5.01 Å². The van der Waals surface area contributed by atoms with Crippen LogP contribution in [0.3, 0.4) is 0 Å². The average Bonchev–Trinajstić information content (AvgIpc) is 3.30. The fraction of sp³-hybridized carbons (Fsp3) is 0.192. The maximum atomic E-state index is 12.6. The van der Waals surface area contributed by atoms with Crippen LogP contribution in [-0.2, 0) is 4.79 Å². The molecule has 3 aromatic rings. The molecule has 0 spiro atoms. The van der Waals surface area contributed by atoms with Crippen LogP contribution in [0.15, 0.2) is 77.9 Å². The van der Waals surface area contributed by atoms with Crippen LogP contribution in [0.4, 0.5) is 0 Å². The zero-order valence-electron chi connectivity index (χ0n) is 18.6. The Kier molecular flexibility index (Phi) is 6.40. The van der Waals surface area contributed by atoms with E-state index in [1.165, 1.54) is 11.9 Å². The van der Waals surface area contributed by atoms with E-state index >= 15 is 0 Å². The maximum Gasteiger partial charge on any atom is 0.343 e. The van der Waals surface area contributed by atoms with E-state index in [-0.39, 0.29) is 11.9 Å². The van der Waals surface area contributed by atoms with E-state index in [0.717, 1.165) is 5.56 Å². The summed E-state index contributed by atoms with van der Waals surface area (Å²) in [6, 6.07) is 21.2. The third kappa shape index (κ3) is 4.57. The number of ether oxygens (including phenoxy) is 3. The van der Waals surface area contributed by atoms with Gasteiger partial charge in [0.25, 0.3) is 0 Å². The number of hydrazone groups is 1. The molecule has 1 heterocycles. The molecule has 0 radical (unpaired) electrons. The van der Waals surface area contributed by atoms with E-state index in [1.807, 2.05) is 30.3 Å². The molecule has 1 aliphatic heterocycles. The van der Waals surface area contributed by atoms with Gasteiger partial charge in [-0.15, -0.1) is 0 Å². The SMILES string of the molecule is COc1ccc([C@H]2CC(c3ccccc3OC(=O)c3ccccc3)=NN2C(C)=O)cc1OC. The Morgan fingerprint density at radius 1 is 0.879 bits per heavy atom. The van der Waals surface area contributed by atoms with Crippen molar-refractivity contribution in [3.63, 3.8) is 0 Å². The topological polar surface area (TPSA) is 77.4 Å². The first kappa shape index (κ1) is 22.1. The van der Waals surface area contributed by atoms with Crippen molar-refractivity contribution >= 4 is 17.6 Å². The van der Waals surface area contributed by atoms with Gasteiger partial charge in [0, 0.05) is 18.9 Å². The van der Waals surface area contributed by atoms with Gasteiger partial charge in [-0.3, -0.25) is 4.79 Å². The molecule has 7 nitrogen and oxygen atoms in total. The average molecular weight is 444 g/mol. The van der Waals surface area contributed by atoms with Gasteiger partial charge in [-0.2, -0.15) is 5.10 Å². The number of methoxy groups -OCH3 is 2. The second-order valence-electron chi connectivity index (χ2n) is 7.50. The highest BCUT2D eigenvalue weighted by molar-refractivity contribution is 6.06. The Labute approximate surface area is 192 Å². The van der Waals surface area contributed by atoms with Crippen LogP contribution in [0, 0.1) is 0 Å². The highest BCUT2D eigenvalue weighted by atomic mass is 16.5. The quantitative estimate of drug-likeness (QED) is 0.410. The van der Waals surface area contributed by atoms with Crippen LogP contribution >= 0.6 is 0 Å². The van der Waals surface area contributed by atoms with Crippen molar-refractivity contribution in [3.8, 4) is 17.2 Å². The summed E-state index contributed by atoms with van der Waals surface area (Å²) in [6.45, 7) is 1.47. The largest absolute Gasteiger partial charge is 0.493 e. The fourth-order valence-corrected chi connectivity index (χ4v) is 3.81. The molecule has 0 saturated carbocycles. The van der Waals surface area contributed by atoms with Crippen molar-refractivity contribution < 1.29 is 23.8 Å². The smallest absolute Gasteiger partial charge is 0.343 e. The first-order valence-corrected chi connectivity index (χ1v) is 10.5. The van der Waals surface area contributed by atoms with E-state index in [9.17, 15) is 9.59 Å². The summed E-state index contributed by atoms with van der Waals surface area (Å²) in [5.41, 5.74) is 2.63. The molecule has 168 valence electrons. The first-order chi connectivity index (χ1) is 16.0. The molecule has 0 N–H and O–H groups in total. The van der Waals surface area contributed by atoms with E-state index < -0.39 is 5.97 Å². The molecular weight excluding hydrogens is 420 g/mol. The van der Waals surface area contributed by atoms with Gasteiger partial charge < -0.3 is 14.2 Å². The van der Waals surface area contributed by atoms with Crippen LogP contribution in [0.25, 0.3) is 0 Å². The third-order valence-electron chi connectivity index (χ3n) is 5.44. The molecule has 3 aromatic carbocycles. The Balaban J connectivity index is 1.65. The van der Waals surface area contributed by atoms with E-state index in [0.29, 0.717) is 40.5 Å². The van der Waals surface area contributed by atoms with E-state index in [2.05, 4.69) is 5.10 Å². The number of benzene rings is 3. The van der Waals surface area contributed by atoms with Gasteiger partial charge in [0.2, 0.25) is 5.91 Å². The van der Waals surface area contributed by atoms with E-state index in [1.54, 1.807) is 56.7 Å². The predicted molar refractivity (Wildman–Crippen MR) is 124 cm³/mol. The Morgan fingerprint density at radius 3 is 2.27 bits per heavy atom. The van der Waals surface area contributed by atoms with Crippen LogP contribution in [0.5, 0.6) is 17.2 Å². The van der Waals surface area contributed by atoms with Crippen molar-refractivity contribution in [2.24, 2.45) is 5.10 Å². The van der Waals surface area contributed by atoms with Gasteiger partial charge in [-0.05, 0) is 42.0 Å². The van der Waals surface area contributed by atoms with Gasteiger partial charge in [0.1, 0.15) is 5.75 Å². The minimum absolute atomic E-state index is 0.191. The number of carbonyl (C=O) groups is 2. The zero-order valence-corrected chi connectivity index (χ0v) is 18.6. The number of hydrogen-bond donors (Lipinski definition) is 0. The summed E-state index contributed by atoms with van der Waals surface area (Å²) in [5.74, 6) is 0.920. The molecule has 1 atom stereocenters. The summed E-state index contributed by atoms with van der Waals surface area (Å²) in [4.78, 5) is 25.0. The molecule has 0 aliphatic carbocycles. The summed E-state index contributed by atoms with van der Waals surface area (Å²) >= 11 is 0. The second kappa shape index (κ2) is 9.56. The number of para-hydroxylation sites is 1. The number of carbonyl (C=O) groups excluding carboxylic acids is 2. The summed E-state index contributed by atoms with van der Waals surface area (Å²) < 4.78 is 16.4. The highest BCUT2D eigenvalue weighted by Gasteiger charge is 2.33. The normalized spacial score (nSPS) is 15.1. The summed E-state index contributed by atoms with van der Waals surface area (Å²) in [7, 11) is 3.14. The molecule has 0 unspecified atom stereocenters. The molecular formula is C26H24N2O5. The Morgan fingerprint density at radius 2 is 1.58 bits per heavy atom. The molecule has 4 rings (SSSR count). The van der Waals surface area contributed by atoms with E-state index in [4.69, 9.17) is 14.2 Å². The van der Waals surface area contributed by atoms with Gasteiger partial charge in [0.05, 0.1) is 31.5 Å². The summed E-state index contributed by atoms with van der Waals surface area (Å²) in [5, 5.41) is 6.04. The number of esters is 1. The first-order valence-electron chi connectivity index (χ1n) is 10.5. The number of rotatable bonds is 6. The monoisotopic (exact) mass is 444 g/mol. The lowest BCUT2D eigenvalue weighted by Gasteiger charge is -2.21. The van der Waals surface area contributed by atoms with Crippen molar-refractivity contribution in [1.29, 1.82) is 0 Å². The Bertz CT molecular complexity index is 1210. The third-order valence-corrected chi connectivity index (χ3v) is 5.44. The second-order valence-corrected chi connectivity index (χ2v) is 7.50. The van der Waals surface area contributed by atoms with Crippen LogP contribution in [-0.4, -0.2) is 36.8 Å². The van der Waals surface area contributed by atoms with Crippen LogP contribution < -0.4 is 14.2 Å². The molecule has 7 heteroatoms. The van der Waals surface area contributed by atoms with Gasteiger partial charge in [-0.25, -0.2) is 9.80 Å². The molecule has 0 fully saturated rings. The van der Waals surface area contributed by atoms with Crippen molar-refractivity contribution in [2.75, 3.05) is 14.2 Å². The van der Waals surface area contributed by atoms with Crippen molar-refractivity contribution in [3.05, 3.63) is 89.5 Å². The Hall–Kier alpha value is -4.13. The highest BCUT2D eigenvalue weighted by Crippen LogP contribution is 2.38. The van der Waals surface area contributed by atoms with Crippen LogP contribution in [0.1, 0.15) is 40.9 Å². The number of amides is 1. The number of hydrogen-bond acceptors (Lipinski definition) is 6. The molecule has 1 aliphatic rings. The van der Waals surface area contributed by atoms with Gasteiger partial charge in [-0.1, -0.05) is 36.4 Å².